The van der Waals surface area contributed by atoms with Gasteiger partial charge >= 0.3 is 0 Å². The van der Waals surface area contributed by atoms with E-state index in [1.807, 2.05) is 37.3 Å². The highest BCUT2D eigenvalue weighted by molar-refractivity contribution is 5.77. The summed E-state index contributed by atoms with van der Waals surface area (Å²) in [6.07, 6.45) is 5.17. The second-order valence-corrected chi connectivity index (χ2v) is 6.96. The number of carbonyl (C=O) groups is 1. The Balaban J connectivity index is 1.54. The molecule has 0 aliphatic heterocycles. The lowest BCUT2D eigenvalue weighted by Crippen LogP contribution is -2.39. The van der Waals surface area contributed by atoms with Gasteiger partial charge in [-0.2, -0.15) is 4.98 Å². The van der Waals surface area contributed by atoms with E-state index in [4.69, 9.17) is 4.52 Å². The molecule has 1 heterocycles. The lowest BCUT2D eigenvalue weighted by atomic mass is 9.82. The van der Waals surface area contributed by atoms with Crippen molar-refractivity contribution in [3.05, 3.63) is 47.6 Å². The third-order valence-electron chi connectivity index (χ3n) is 4.72. The number of hydrogen-bond acceptors (Lipinski definition) is 5. The van der Waals surface area contributed by atoms with Crippen LogP contribution in [0.4, 0.5) is 0 Å². The highest BCUT2D eigenvalue weighted by atomic mass is 16.5. The van der Waals surface area contributed by atoms with Crippen molar-refractivity contribution in [2.75, 3.05) is 0 Å². The lowest BCUT2D eigenvalue weighted by Gasteiger charge is -2.31. The number of nitrogens with one attached hydrogen (secondary N) is 1. The summed E-state index contributed by atoms with van der Waals surface area (Å²) >= 11 is 0. The number of aromatic nitrogens is 2. The number of benzene rings is 1. The molecule has 1 atom stereocenters. The molecule has 0 spiro atoms. The standard InChI is InChI=1S/C19H25N3O3/c1-14(20-16(23)13-19(24)10-6-3-7-11-19)18-21-17(25-22-18)12-15-8-4-2-5-9-15/h2,4-5,8-9,14,24H,3,6-7,10-13H2,1H3,(H,20,23). The van der Waals surface area contributed by atoms with Crippen LogP contribution in [0.5, 0.6) is 0 Å². The maximum Gasteiger partial charge on any atom is 0.231 e. The summed E-state index contributed by atoms with van der Waals surface area (Å²) in [6, 6.07) is 9.53. The van der Waals surface area contributed by atoms with E-state index >= 15 is 0 Å². The van der Waals surface area contributed by atoms with E-state index in [0.29, 0.717) is 31.0 Å². The first-order chi connectivity index (χ1) is 12.0. The molecule has 1 amide bonds. The number of rotatable bonds is 6. The third kappa shape index (κ3) is 4.89. The van der Waals surface area contributed by atoms with Gasteiger partial charge in [0.1, 0.15) is 0 Å². The molecule has 1 aromatic carbocycles. The predicted octanol–water partition coefficient (Wildman–Crippen LogP) is 2.92. The first-order valence-corrected chi connectivity index (χ1v) is 8.92. The fraction of sp³-hybridized carbons (Fsp3) is 0.526. The Kier molecular flexibility index (Phi) is 5.48. The number of nitrogens with zero attached hydrogens (tertiary/aromatic N) is 2. The zero-order valence-corrected chi connectivity index (χ0v) is 14.6. The minimum Gasteiger partial charge on any atom is -0.389 e. The second kappa shape index (κ2) is 7.78. The zero-order chi connectivity index (χ0) is 17.7. The summed E-state index contributed by atoms with van der Waals surface area (Å²) in [6.45, 7) is 1.82. The Bertz CT molecular complexity index is 693. The quantitative estimate of drug-likeness (QED) is 0.842. The highest BCUT2D eigenvalue weighted by Crippen LogP contribution is 2.30. The Labute approximate surface area is 147 Å². The number of hydrogen-bond donors (Lipinski definition) is 2. The average molecular weight is 343 g/mol. The molecular formula is C19H25N3O3. The zero-order valence-electron chi connectivity index (χ0n) is 14.6. The van der Waals surface area contributed by atoms with Crippen LogP contribution in [0.2, 0.25) is 0 Å². The molecule has 1 saturated carbocycles. The van der Waals surface area contributed by atoms with Gasteiger partial charge in [-0.1, -0.05) is 54.8 Å². The van der Waals surface area contributed by atoms with E-state index in [-0.39, 0.29) is 18.4 Å². The van der Waals surface area contributed by atoms with Crippen molar-refractivity contribution in [2.24, 2.45) is 0 Å². The molecule has 6 nitrogen and oxygen atoms in total. The molecule has 0 radical (unpaired) electrons. The maximum absolute atomic E-state index is 12.2. The van der Waals surface area contributed by atoms with Gasteiger partial charge in [0.15, 0.2) is 5.82 Å². The molecule has 1 aliphatic carbocycles. The monoisotopic (exact) mass is 343 g/mol. The van der Waals surface area contributed by atoms with Gasteiger partial charge in [-0.25, -0.2) is 0 Å². The average Bonchev–Trinajstić information content (AvgIpc) is 3.04. The fourth-order valence-electron chi connectivity index (χ4n) is 3.33. The van der Waals surface area contributed by atoms with Crippen LogP contribution in [0.15, 0.2) is 34.9 Å². The van der Waals surface area contributed by atoms with E-state index in [2.05, 4.69) is 15.5 Å². The smallest absolute Gasteiger partial charge is 0.231 e. The van der Waals surface area contributed by atoms with E-state index in [9.17, 15) is 9.90 Å². The molecular weight excluding hydrogens is 318 g/mol. The minimum absolute atomic E-state index is 0.131. The third-order valence-corrected chi connectivity index (χ3v) is 4.72. The van der Waals surface area contributed by atoms with Crippen LogP contribution in [0, 0.1) is 0 Å². The number of carbonyl (C=O) groups excluding carboxylic acids is 1. The second-order valence-electron chi connectivity index (χ2n) is 6.96. The molecule has 1 fully saturated rings. The van der Waals surface area contributed by atoms with Crippen molar-refractivity contribution in [3.8, 4) is 0 Å². The first-order valence-electron chi connectivity index (χ1n) is 8.92. The number of amides is 1. The summed E-state index contributed by atoms with van der Waals surface area (Å²) in [4.78, 5) is 16.6. The van der Waals surface area contributed by atoms with Crippen molar-refractivity contribution in [1.29, 1.82) is 0 Å². The molecule has 3 rings (SSSR count). The summed E-state index contributed by atoms with van der Waals surface area (Å²) in [7, 11) is 0. The molecule has 0 bridgehead atoms. The SMILES string of the molecule is CC(NC(=O)CC1(O)CCCCC1)c1noc(Cc2ccccc2)n1. The summed E-state index contributed by atoms with van der Waals surface area (Å²) in [5, 5.41) is 17.3. The summed E-state index contributed by atoms with van der Waals surface area (Å²) in [5.41, 5.74) is 0.228. The molecule has 1 aliphatic rings. The van der Waals surface area contributed by atoms with Gasteiger partial charge in [0.25, 0.3) is 0 Å². The molecule has 2 aromatic rings. The van der Waals surface area contributed by atoms with E-state index in [1.54, 1.807) is 0 Å². The molecule has 134 valence electrons. The normalized spacial score (nSPS) is 17.8. The van der Waals surface area contributed by atoms with Crippen molar-refractivity contribution < 1.29 is 14.4 Å². The minimum atomic E-state index is -0.863. The van der Waals surface area contributed by atoms with Gasteiger partial charge < -0.3 is 14.9 Å². The van der Waals surface area contributed by atoms with Gasteiger partial charge in [0.2, 0.25) is 11.8 Å². The van der Waals surface area contributed by atoms with Crippen LogP contribution in [-0.4, -0.2) is 26.8 Å². The van der Waals surface area contributed by atoms with Crippen LogP contribution in [-0.2, 0) is 11.2 Å². The van der Waals surface area contributed by atoms with Gasteiger partial charge in [-0.3, -0.25) is 4.79 Å². The first kappa shape index (κ1) is 17.6. The summed E-state index contributed by atoms with van der Waals surface area (Å²) < 4.78 is 5.28. The van der Waals surface area contributed by atoms with Crippen LogP contribution >= 0.6 is 0 Å². The largest absolute Gasteiger partial charge is 0.389 e. The van der Waals surface area contributed by atoms with Gasteiger partial charge in [-0.05, 0) is 25.3 Å². The Morgan fingerprint density at radius 2 is 2.00 bits per heavy atom. The molecule has 25 heavy (non-hydrogen) atoms. The lowest BCUT2D eigenvalue weighted by molar-refractivity contribution is -0.128. The molecule has 6 heteroatoms. The van der Waals surface area contributed by atoms with E-state index < -0.39 is 5.60 Å². The van der Waals surface area contributed by atoms with Gasteiger partial charge in [0.05, 0.1) is 24.5 Å². The predicted molar refractivity (Wildman–Crippen MR) is 92.8 cm³/mol. The van der Waals surface area contributed by atoms with Gasteiger partial charge in [0, 0.05) is 0 Å². The van der Waals surface area contributed by atoms with Crippen molar-refractivity contribution >= 4 is 5.91 Å². The Hall–Kier alpha value is -2.21. The van der Waals surface area contributed by atoms with Crippen molar-refractivity contribution in [2.45, 2.75) is 63.5 Å². The topological polar surface area (TPSA) is 88.2 Å². The van der Waals surface area contributed by atoms with E-state index in [1.165, 1.54) is 0 Å². The van der Waals surface area contributed by atoms with E-state index in [0.717, 1.165) is 24.8 Å². The van der Waals surface area contributed by atoms with Crippen LogP contribution in [0.1, 0.15) is 68.8 Å². The molecule has 1 aromatic heterocycles. The van der Waals surface area contributed by atoms with Crippen molar-refractivity contribution in [3.63, 3.8) is 0 Å². The highest BCUT2D eigenvalue weighted by Gasteiger charge is 2.32. The summed E-state index contributed by atoms with van der Waals surface area (Å²) in [5.74, 6) is 0.800. The number of aliphatic hydroxyl groups is 1. The maximum atomic E-state index is 12.2. The molecule has 1 unspecified atom stereocenters. The van der Waals surface area contributed by atoms with Crippen LogP contribution < -0.4 is 5.32 Å². The van der Waals surface area contributed by atoms with Crippen molar-refractivity contribution in [1.82, 2.24) is 15.5 Å². The molecule has 2 N–H and O–H groups in total. The molecule has 0 saturated heterocycles. The van der Waals surface area contributed by atoms with Crippen LogP contribution in [0.25, 0.3) is 0 Å². The Morgan fingerprint density at radius 1 is 1.28 bits per heavy atom. The van der Waals surface area contributed by atoms with Crippen LogP contribution in [0.3, 0.4) is 0 Å². The fourth-order valence-corrected chi connectivity index (χ4v) is 3.33. The van der Waals surface area contributed by atoms with Gasteiger partial charge in [-0.15, -0.1) is 0 Å². The Morgan fingerprint density at radius 3 is 2.72 bits per heavy atom.